The van der Waals surface area contributed by atoms with E-state index in [9.17, 15) is 9.59 Å². The number of aryl methyl sites for hydroxylation is 3. The molecule has 7 nitrogen and oxygen atoms in total. The molecule has 2 heterocycles. The highest BCUT2D eigenvalue weighted by Gasteiger charge is 2.19. The molecule has 0 unspecified atom stereocenters. The van der Waals surface area contributed by atoms with Crippen LogP contribution in [-0.4, -0.2) is 25.2 Å². The molecule has 0 saturated carbocycles. The summed E-state index contributed by atoms with van der Waals surface area (Å²) in [5, 5.41) is 0. The first-order chi connectivity index (χ1) is 10.6. The van der Waals surface area contributed by atoms with Crippen LogP contribution in [0.4, 0.5) is 0 Å². The summed E-state index contributed by atoms with van der Waals surface area (Å²) in [5.74, 6) is 0.860. The molecule has 0 aromatic carbocycles. The largest absolute Gasteiger partial charge is 0.332 e. The van der Waals surface area contributed by atoms with Crippen molar-refractivity contribution in [1.82, 2.24) is 18.7 Å². The summed E-state index contributed by atoms with van der Waals surface area (Å²) < 4.78 is 4.81. The van der Waals surface area contributed by atoms with Crippen molar-refractivity contribution >= 4 is 11.2 Å². The summed E-state index contributed by atoms with van der Waals surface area (Å²) in [7, 11) is 0. The summed E-state index contributed by atoms with van der Waals surface area (Å²) in [6, 6.07) is 0. The van der Waals surface area contributed by atoms with Crippen molar-refractivity contribution in [1.29, 1.82) is 0 Å². The van der Waals surface area contributed by atoms with Gasteiger partial charge in [-0.3, -0.25) is 13.9 Å². The van der Waals surface area contributed by atoms with Gasteiger partial charge in [0.15, 0.2) is 11.2 Å². The molecule has 0 amide bonds. The minimum absolute atomic E-state index is 0.251. The van der Waals surface area contributed by atoms with Gasteiger partial charge in [-0.15, -0.1) is 0 Å². The predicted octanol–water partition coefficient (Wildman–Crippen LogP) is 0.701. The Morgan fingerprint density at radius 3 is 2.27 bits per heavy atom. The van der Waals surface area contributed by atoms with Gasteiger partial charge in [0.1, 0.15) is 5.82 Å². The fourth-order valence-electron chi connectivity index (χ4n) is 2.80. The average molecular weight is 307 g/mol. The standard InChI is InChI=1S/C15H25N5O2/c1-4-8-11-17-13-12(20(11)10-7-9-16)14(21)19(6-3)15(22)18(13)5-2/h4-10,16H2,1-3H3. The molecule has 2 aromatic heterocycles. The Hall–Kier alpha value is -1.89. The minimum atomic E-state index is -0.283. The molecule has 0 atom stereocenters. The lowest BCUT2D eigenvalue weighted by atomic mass is 10.3. The Morgan fingerprint density at radius 2 is 1.73 bits per heavy atom. The van der Waals surface area contributed by atoms with Crippen LogP contribution in [0.3, 0.4) is 0 Å². The second-order valence-electron chi connectivity index (χ2n) is 5.32. The van der Waals surface area contributed by atoms with E-state index < -0.39 is 0 Å². The molecule has 0 saturated heterocycles. The van der Waals surface area contributed by atoms with Crippen molar-refractivity contribution in [2.45, 2.75) is 59.7 Å². The summed E-state index contributed by atoms with van der Waals surface area (Å²) in [4.78, 5) is 29.7. The van der Waals surface area contributed by atoms with E-state index >= 15 is 0 Å². The van der Waals surface area contributed by atoms with Gasteiger partial charge in [-0.1, -0.05) is 6.92 Å². The number of hydrogen-bond donors (Lipinski definition) is 1. The van der Waals surface area contributed by atoms with Crippen molar-refractivity contribution < 1.29 is 0 Å². The molecule has 2 aromatic rings. The molecule has 2 N–H and O–H groups in total. The zero-order chi connectivity index (χ0) is 16.3. The number of nitrogens with two attached hydrogens (primary N) is 1. The van der Waals surface area contributed by atoms with Crippen molar-refractivity contribution in [2.24, 2.45) is 5.73 Å². The van der Waals surface area contributed by atoms with Crippen LogP contribution in [0.5, 0.6) is 0 Å². The molecule has 0 fully saturated rings. The first-order valence-electron chi connectivity index (χ1n) is 8.03. The van der Waals surface area contributed by atoms with Gasteiger partial charge < -0.3 is 10.3 Å². The predicted molar refractivity (Wildman–Crippen MR) is 87.3 cm³/mol. The highest BCUT2D eigenvalue weighted by atomic mass is 16.2. The van der Waals surface area contributed by atoms with E-state index in [1.807, 2.05) is 18.4 Å². The second kappa shape index (κ2) is 6.91. The zero-order valence-electron chi connectivity index (χ0n) is 13.6. The number of nitrogens with zero attached hydrogens (tertiary/aromatic N) is 4. The van der Waals surface area contributed by atoms with Crippen LogP contribution in [0.2, 0.25) is 0 Å². The van der Waals surface area contributed by atoms with Crippen LogP contribution in [0.25, 0.3) is 11.2 Å². The molecule has 0 aliphatic carbocycles. The number of imidazole rings is 1. The Kier molecular flexibility index (Phi) is 5.18. The monoisotopic (exact) mass is 307 g/mol. The van der Waals surface area contributed by atoms with Crippen LogP contribution in [0, 0.1) is 0 Å². The van der Waals surface area contributed by atoms with Gasteiger partial charge in [-0.2, -0.15) is 0 Å². The number of hydrogen-bond acceptors (Lipinski definition) is 4. The molecular formula is C15H25N5O2. The van der Waals surface area contributed by atoms with Gasteiger partial charge in [-0.05, 0) is 33.2 Å². The first-order valence-corrected chi connectivity index (χ1v) is 8.03. The SMILES string of the molecule is CCCc1nc2c(c(=O)n(CC)c(=O)n2CC)n1CCCN. The van der Waals surface area contributed by atoms with Crippen molar-refractivity contribution in [3.05, 3.63) is 26.7 Å². The van der Waals surface area contributed by atoms with E-state index in [2.05, 4.69) is 11.9 Å². The third kappa shape index (κ3) is 2.61. The van der Waals surface area contributed by atoms with Crippen LogP contribution < -0.4 is 17.0 Å². The molecule has 0 aliphatic heterocycles. The third-order valence-corrected chi connectivity index (χ3v) is 3.89. The van der Waals surface area contributed by atoms with E-state index in [4.69, 9.17) is 5.73 Å². The molecule has 122 valence electrons. The first kappa shape index (κ1) is 16.5. The molecule has 0 bridgehead atoms. The second-order valence-corrected chi connectivity index (χ2v) is 5.32. The van der Waals surface area contributed by atoms with E-state index in [1.54, 1.807) is 4.57 Å². The normalized spacial score (nSPS) is 11.5. The van der Waals surface area contributed by atoms with Crippen LogP contribution >= 0.6 is 0 Å². The lowest BCUT2D eigenvalue weighted by Crippen LogP contribution is -2.40. The highest BCUT2D eigenvalue weighted by molar-refractivity contribution is 5.71. The fraction of sp³-hybridized carbons (Fsp3) is 0.667. The van der Waals surface area contributed by atoms with E-state index in [0.717, 1.165) is 25.1 Å². The lowest BCUT2D eigenvalue weighted by Gasteiger charge is -2.10. The number of rotatable bonds is 7. The summed E-state index contributed by atoms with van der Waals surface area (Å²) in [6.07, 6.45) is 2.49. The molecule has 22 heavy (non-hydrogen) atoms. The van der Waals surface area contributed by atoms with E-state index in [-0.39, 0.29) is 11.2 Å². The zero-order valence-corrected chi connectivity index (χ0v) is 13.6. The Labute approximate surface area is 129 Å². The molecule has 0 spiro atoms. The fourth-order valence-corrected chi connectivity index (χ4v) is 2.80. The Balaban J connectivity index is 2.87. The topological polar surface area (TPSA) is 87.8 Å². The summed E-state index contributed by atoms with van der Waals surface area (Å²) in [6.45, 7) is 7.84. The van der Waals surface area contributed by atoms with Gasteiger partial charge in [0, 0.05) is 26.1 Å². The van der Waals surface area contributed by atoms with Gasteiger partial charge in [0.2, 0.25) is 0 Å². The molecule has 7 heteroatoms. The van der Waals surface area contributed by atoms with Gasteiger partial charge in [0.05, 0.1) is 0 Å². The van der Waals surface area contributed by atoms with Crippen molar-refractivity contribution in [3.63, 3.8) is 0 Å². The van der Waals surface area contributed by atoms with Gasteiger partial charge in [-0.25, -0.2) is 9.78 Å². The number of fused-ring (bicyclic) bond motifs is 1. The highest BCUT2D eigenvalue weighted by Crippen LogP contribution is 2.14. The lowest BCUT2D eigenvalue weighted by molar-refractivity contribution is 0.596. The molecule has 0 aliphatic rings. The van der Waals surface area contributed by atoms with Crippen molar-refractivity contribution in [3.8, 4) is 0 Å². The minimum Gasteiger partial charge on any atom is -0.330 e. The maximum atomic E-state index is 12.7. The summed E-state index contributed by atoms with van der Waals surface area (Å²) in [5.41, 5.74) is 6.11. The molecule has 2 rings (SSSR count). The van der Waals surface area contributed by atoms with Gasteiger partial charge in [0.25, 0.3) is 5.56 Å². The van der Waals surface area contributed by atoms with Crippen LogP contribution in [0.1, 0.15) is 39.4 Å². The molecule has 0 radical (unpaired) electrons. The van der Waals surface area contributed by atoms with E-state index in [1.165, 1.54) is 4.57 Å². The molecular weight excluding hydrogens is 282 g/mol. The maximum absolute atomic E-state index is 12.7. The van der Waals surface area contributed by atoms with Gasteiger partial charge >= 0.3 is 5.69 Å². The van der Waals surface area contributed by atoms with Crippen LogP contribution in [0.15, 0.2) is 9.59 Å². The smallest absolute Gasteiger partial charge is 0.330 e. The Bertz CT molecular complexity index is 769. The van der Waals surface area contributed by atoms with Crippen LogP contribution in [-0.2, 0) is 26.1 Å². The maximum Gasteiger partial charge on any atom is 0.332 e. The van der Waals surface area contributed by atoms with E-state index in [0.29, 0.717) is 37.3 Å². The average Bonchev–Trinajstić information content (AvgIpc) is 2.85. The Morgan fingerprint density at radius 1 is 1.05 bits per heavy atom. The third-order valence-electron chi connectivity index (χ3n) is 3.89. The van der Waals surface area contributed by atoms with Crippen molar-refractivity contribution in [2.75, 3.05) is 6.54 Å². The summed E-state index contributed by atoms with van der Waals surface area (Å²) >= 11 is 0. The number of aromatic nitrogens is 4. The quantitative estimate of drug-likeness (QED) is 0.815.